The molecule has 0 aliphatic heterocycles. The van der Waals surface area contributed by atoms with E-state index in [1.54, 1.807) is 18.2 Å². The quantitative estimate of drug-likeness (QED) is 0.658. The second-order valence-electron chi connectivity index (χ2n) is 5.24. The number of hydrogen-bond acceptors (Lipinski definition) is 6. The first-order chi connectivity index (χ1) is 11.1. The minimum absolute atomic E-state index is 0.180. The maximum absolute atomic E-state index is 12.0. The number of rotatable bonds is 5. The Labute approximate surface area is 131 Å². The number of carbonyl (C=O) groups excluding carboxylic acids is 2. The van der Waals surface area contributed by atoms with Gasteiger partial charge in [0.25, 0.3) is 5.91 Å². The summed E-state index contributed by atoms with van der Waals surface area (Å²) in [6, 6.07) is 6.58. The number of fused-ring (bicyclic) bond motifs is 1. The van der Waals surface area contributed by atoms with Crippen LogP contribution in [0, 0.1) is 0 Å². The van der Waals surface area contributed by atoms with Crippen LogP contribution in [0.1, 0.15) is 23.2 Å². The molecule has 1 aromatic carbocycles. The van der Waals surface area contributed by atoms with Gasteiger partial charge in [0, 0.05) is 11.4 Å². The molecule has 0 radical (unpaired) electrons. The number of hydrogen-bond donors (Lipinski definition) is 1. The largest absolute Gasteiger partial charge is 0.493 e. The fourth-order valence-corrected chi connectivity index (χ4v) is 2.13. The van der Waals surface area contributed by atoms with Crippen LogP contribution < -0.4 is 15.7 Å². The van der Waals surface area contributed by atoms with Crippen LogP contribution >= 0.6 is 0 Å². The molecular formula is C16H15NO6. The Morgan fingerprint density at radius 1 is 1.35 bits per heavy atom. The first-order valence-electron chi connectivity index (χ1n) is 7.16. The van der Waals surface area contributed by atoms with E-state index in [2.05, 4.69) is 5.32 Å². The normalized spacial score (nSPS) is 13.6. The zero-order valence-corrected chi connectivity index (χ0v) is 12.5. The number of para-hydroxylation sites is 1. The molecule has 0 atom stereocenters. The van der Waals surface area contributed by atoms with Crippen molar-refractivity contribution in [3.05, 3.63) is 40.2 Å². The van der Waals surface area contributed by atoms with Gasteiger partial charge in [-0.25, -0.2) is 9.59 Å². The van der Waals surface area contributed by atoms with E-state index in [1.165, 1.54) is 13.2 Å². The van der Waals surface area contributed by atoms with Crippen LogP contribution in [-0.2, 0) is 9.53 Å². The summed E-state index contributed by atoms with van der Waals surface area (Å²) in [7, 11) is 1.45. The number of ether oxygens (including phenoxy) is 2. The summed E-state index contributed by atoms with van der Waals surface area (Å²) in [6.07, 6.45) is 1.88. The first-order valence-corrected chi connectivity index (χ1v) is 7.16. The summed E-state index contributed by atoms with van der Waals surface area (Å²) in [5.74, 6) is -0.884. The second-order valence-corrected chi connectivity index (χ2v) is 5.24. The molecule has 7 nitrogen and oxygen atoms in total. The van der Waals surface area contributed by atoms with E-state index in [9.17, 15) is 14.4 Å². The number of nitrogens with one attached hydrogen (secondary N) is 1. The summed E-state index contributed by atoms with van der Waals surface area (Å²) in [4.78, 5) is 35.4. The van der Waals surface area contributed by atoms with E-state index in [-0.39, 0.29) is 23.1 Å². The Morgan fingerprint density at radius 2 is 2.13 bits per heavy atom. The van der Waals surface area contributed by atoms with Gasteiger partial charge in [-0.05, 0) is 25.0 Å². The van der Waals surface area contributed by atoms with Crippen LogP contribution in [0.2, 0.25) is 0 Å². The van der Waals surface area contributed by atoms with Crippen molar-refractivity contribution in [1.82, 2.24) is 5.32 Å². The SMILES string of the molecule is COc1cccc2cc(C(=O)OCC(=O)NC3CC3)c(=O)oc12. The van der Waals surface area contributed by atoms with Crippen molar-refractivity contribution in [2.24, 2.45) is 0 Å². The zero-order valence-electron chi connectivity index (χ0n) is 12.5. The minimum atomic E-state index is -0.894. The fraction of sp³-hybridized carbons (Fsp3) is 0.312. The number of methoxy groups -OCH3 is 1. The van der Waals surface area contributed by atoms with Gasteiger partial charge in [0.05, 0.1) is 7.11 Å². The summed E-state index contributed by atoms with van der Waals surface area (Å²) >= 11 is 0. The highest BCUT2D eigenvalue weighted by molar-refractivity contribution is 5.95. The van der Waals surface area contributed by atoms with E-state index in [1.807, 2.05) is 0 Å². The predicted molar refractivity (Wildman–Crippen MR) is 80.5 cm³/mol. The summed E-state index contributed by atoms with van der Waals surface area (Å²) in [6.45, 7) is -0.426. The summed E-state index contributed by atoms with van der Waals surface area (Å²) < 4.78 is 15.1. The highest BCUT2D eigenvalue weighted by atomic mass is 16.5. The van der Waals surface area contributed by atoms with Gasteiger partial charge in [0.1, 0.15) is 5.56 Å². The Bertz CT molecular complexity index is 821. The molecule has 120 valence electrons. The lowest BCUT2D eigenvalue weighted by Gasteiger charge is -2.07. The average Bonchev–Trinajstić information content (AvgIpc) is 3.35. The molecule has 1 aromatic heterocycles. The van der Waals surface area contributed by atoms with Crippen LogP contribution in [0.4, 0.5) is 0 Å². The molecule has 0 saturated heterocycles. The molecule has 0 bridgehead atoms. The molecule has 7 heteroatoms. The van der Waals surface area contributed by atoms with Crippen molar-refractivity contribution in [2.45, 2.75) is 18.9 Å². The van der Waals surface area contributed by atoms with Gasteiger partial charge in [-0.3, -0.25) is 4.79 Å². The molecular weight excluding hydrogens is 302 g/mol. The van der Waals surface area contributed by atoms with Crippen LogP contribution in [-0.4, -0.2) is 31.6 Å². The van der Waals surface area contributed by atoms with Crippen molar-refractivity contribution < 1.29 is 23.5 Å². The van der Waals surface area contributed by atoms with Crippen molar-refractivity contribution in [3.8, 4) is 5.75 Å². The number of carbonyl (C=O) groups is 2. The molecule has 3 rings (SSSR count). The molecule has 1 fully saturated rings. The van der Waals surface area contributed by atoms with Gasteiger partial charge in [-0.1, -0.05) is 12.1 Å². The molecule has 1 heterocycles. The lowest BCUT2D eigenvalue weighted by molar-refractivity contribution is -0.124. The number of benzene rings is 1. The maximum atomic E-state index is 12.0. The Morgan fingerprint density at radius 3 is 2.83 bits per heavy atom. The third-order valence-corrected chi connectivity index (χ3v) is 3.44. The number of esters is 1. The smallest absolute Gasteiger partial charge is 0.351 e. The predicted octanol–water partition coefficient (Wildman–Crippen LogP) is 1.24. The van der Waals surface area contributed by atoms with Crippen molar-refractivity contribution in [3.63, 3.8) is 0 Å². The average molecular weight is 317 g/mol. The van der Waals surface area contributed by atoms with E-state index in [0.29, 0.717) is 11.1 Å². The molecule has 23 heavy (non-hydrogen) atoms. The fourth-order valence-electron chi connectivity index (χ4n) is 2.13. The standard InChI is InChI=1S/C16H15NO6/c1-21-12-4-2-3-9-7-11(16(20)23-14(9)12)15(19)22-8-13(18)17-10-5-6-10/h2-4,7,10H,5-6,8H2,1H3,(H,17,18). The Kier molecular flexibility index (Phi) is 4.01. The topological polar surface area (TPSA) is 94.8 Å². The third kappa shape index (κ3) is 3.33. The molecule has 0 unspecified atom stereocenters. The Balaban J connectivity index is 1.78. The first kappa shape index (κ1) is 15.1. The van der Waals surface area contributed by atoms with Crippen molar-refractivity contribution >= 4 is 22.8 Å². The maximum Gasteiger partial charge on any atom is 0.351 e. The summed E-state index contributed by atoms with van der Waals surface area (Å²) in [5.41, 5.74) is -0.845. The van der Waals surface area contributed by atoms with Gasteiger partial charge in [0.15, 0.2) is 17.9 Å². The monoisotopic (exact) mass is 317 g/mol. The van der Waals surface area contributed by atoms with Crippen LogP contribution in [0.3, 0.4) is 0 Å². The zero-order chi connectivity index (χ0) is 16.4. The minimum Gasteiger partial charge on any atom is -0.493 e. The highest BCUT2D eigenvalue weighted by Crippen LogP contribution is 2.24. The van der Waals surface area contributed by atoms with Crippen molar-refractivity contribution in [1.29, 1.82) is 0 Å². The lowest BCUT2D eigenvalue weighted by Crippen LogP contribution is -2.31. The van der Waals surface area contributed by atoms with E-state index in [4.69, 9.17) is 13.9 Å². The second kappa shape index (κ2) is 6.12. The van der Waals surface area contributed by atoms with Gasteiger partial charge in [-0.15, -0.1) is 0 Å². The molecule has 1 aliphatic rings. The van der Waals surface area contributed by atoms with Gasteiger partial charge < -0.3 is 19.2 Å². The van der Waals surface area contributed by atoms with E-state index in [0.717, 1.165) is 12.8 Å². The molecule has 1 N–H and O–H groups in total. The van der Waals surface area contributed by atoms with E-state index < -0.39 is 18.2 Å². The highest BCUT2D eigenvalue weighted by Gasteiger charge is 2.24. The molecule has 2 aromatic rings. The van der Waals surface area contributed by atoms with Crippen LogP contribution in [0.15, 0.2) is 33.5 Å². The summed E-state index contributed by atoms with van der Waals surface area (Å²) in [5, 5.41) is 3.21. The Hall–Kier alpha value is -2.83. The van der Waals surface area contributed by atoms with Gasteiger partial charge in [0.2, 0.25) is 0 Å². The van der Waals surface area contributed by atoms with Gasteiger partial charge >= 0.3 is 11.6 Å². The lowest BCUT2D eigenvalue weighted by atomic mass is 10.2. The van der Waals surface area contributed by atoms with Crippen LogP contribution in [0.5, 0.6) is 5.75 Å². The van der Waals surface area contributed by atoms with Gasteiger partial charge in [-0.2, -0.15) is 0 Å². The molecule has 1 amide bonds. The third-order valence-electron chi connectivity index (χ3n) is 3.44. The van der Waals surface area contributed by atoms with E-state index >= 15 is 0 Å². The van der Waals surface area contributed by atoms with Crippen molar-refractivity contribution in [2.75, 3.05) is 13.7 Å². The number of amides is 1. The van der Waals surface area contributed by atoms with Crippen LogP contribution in [0.25, 0.3) is 11.0 Å². The molecule has 1 saturated carbocycles. The molecule has 1 aliphatic carbocycles. The molecule has 0 spiro atoms.